The molecule has 6 nitrogen and oxygen atoms in total. The van der Waals surface area contributed by atoms with E-state index in [0.29, 0.717) is 27.2 Å². The number of ether oxygens (including phenoxy) is 1. The predicted octanol–water partition coefficient (Wildman–Crippen LogP) is 6.27. The fraction of sp³-hybridized carbons (Fsp3) is 0.261. The molecule has 1 amide bonds. The second-order valence-corrected chi connectivity index (χ2v) is 8.81. The Kier molecular flexibility index (Phi) is 6.53. The number of aromatic carboxylic acids is 1. The normalized spacial score (nSPS) is 14.2. The van der Waals surface area contributed by atoms with Crippen molar-refractivity contribution in [1.82, 2.24) is 4.98 Å². The molecule has 0 bridgehead atoms. The zero-order chi connectivity index (χ0) is 21.8. The molecule has 4 rings (SSSR count). The van der Waals surface area contributed by atoms with Crippen LogP contribution < -0.4 is 9.64 Å². The molecule has 0 aliphatic heterocycles. The average Bonchev–Trinajstić information content (AvgIpc) is 3.25. The van der Waals surface area contributed by atoms with Crippen LogP contribution in [0.15, 0.2) is 54.7 Å². The molecule has 1 aromatic heterocycles. The lowest BCUT2D eigenvalue weighted by atomic mass is 9.94. The number of carboxylic acids is 1. The Balaban J connectivity index is 1.57. The Morgan fingerprint density at radius 2 is 1.81 bits per heavy atom. The summed E-state index contributed by atoms with van der Waals surface area (Å²) in [4.78, 5) is 30.8. The van der Waals surface area contributed by atoms with Crippen LogP contribution >= 0.6 is 22.9 Å². The Bertz CT molecular complexity index is 1080. The fourth-order valence-corrected chi connectivity index (χ4v) is 4.70. The summed E-state index contributed by atoms with van der Waals surface area (Å²) in [5.74, 6) is -0.0281. The number of thiazole rings is 1. The van der Waals surface area contributed by atoms with Crippen LogP contribution in [0, 0.1) is 0 Å². The minimum atomic E-state index is -1.04. The lowest BCUT2D eigenvalue weighted by Crippen LogP contribution is -2.41. The molecule has 0 saturated heterocycles. The van der Waals surface area contributed by atoms with Gasteiger partial charge in [0.15, 0.2) is 5.13 Å². The van der Waals surface area contributed by atoms with Gasteiger partial charge in [0.25, 0.3) is 5.91 Å². The second-order valence-electron chi connectivity index (χ2n) is 7.36. The third-order valence-corrected chi connectivity index (χ3v) is 6.42. The number of carbonyl (C=O) groups is 2. The Morgan fingerprint density at radius 1 is 1.06 bits per heavy atom. The van der Waals surface area contributed by atoms with Crippen molar-refractivity contribution in [2.45, 2.75) is 38.1 Å². The molecule has 1 N–H and O–H groups in total. The van der Waals surface area contributed by atoms with E-state index in [1.807, 2.05) is 0 Å². The van der Waals surface area contributed by atoms with Crippen molar-refractivity contribution in [2.24, 2.45) is 0 Å². The number of anilines is 1. The van der Waals surface area contributed by atoms with E-state index < -0.39 is 5.97 Å². The summed E-state index contributed by atoms with van der Waals surface area (Å²) in [7, 11) is 0. The van der Waals surface area contributed by atoms with E-state index in [1.54, 1.807) is 53.4 Å². The van der Waals surface area contributed by atoms with Gasteiger partial charge < -0.3 is 9.84 Å². The molecule has 1 heterocycles. The number of hydrogen-bond donors (Lipinski definition) is 1. The van der Waals surface area contributed by atoms with Gasteiger partial charge in [0.05, 0.1) is 6.20 Å². The Labute approximate surface area is 189 Å². The minimum absolute atomic E-state index is 0.0106. The van der Waals surface area contributed by atoms with Gasteiger partial charge in [-0.2, -0.15) is 0 Å². The molecule has 1 aliphatic rings. The SMILES string of the molecule is O=C(O)c1cnc(N(C(=O)c2ccc(Oc3cccc(Cl)c3)cc2)C2CCCCC2)s1. The lowest BCUT2D eigenvalue weighted by molar-refractivity contribution is 0.0701. The van der Waals surface area contributed by atoms with Gasteiger partial charge in [-0.1, -0.05) is 48.3 Å². The molecule has 0 spiro atoms. The van der Waals surface area contributed by atoms with Gasteiger partial charge in [-0.15, -0.1) is 0 Å². The van der Waals surface area contributed by atoms with Crippen LogP contribution in [0.3, 0.4) is 0 Å². The summed E-state index contributed by atoms with van der Waals surface area (Å²) in [5, 5.41) is 10.3. The third-order valence-electron chi connectivity index (χ3n) is 5.20. The van der Waals surface area contributed by atoms with Gasteiger partial charge in [0, 0.05) is 16.6 Å². The zero-order valence-electron chi connectivity index (χ0n) is 16.7. The van der Waals surface area contributed by atoms with Crippen molar-refractivity contribution >= 4 is 39.9 Å². The molecule has 2 aromatic carbocycles. The quantitative estimate of drug-likeness (QED) is 0.473. The molecule has 1 saturated carbocycles. The highest BCUT2D eigenvalue weighted by Gasteiger charge is 2.30. The minimum Gasteiger partial charge on any atom is -0.477 e. The largest absolute Gasteiger partial charge is 0.477 e. The van der Waals surface area contributed by atoms with Crippen LogP contribution in [0.4, 0.5) is 5.13 Å². The van der Waals surface area contributed by atoms with E-state index in [0.717, 1.165) is 43.4 Å². The Hall–Kier alpha value is -2.90. The zero-order valence-corrected chi connectivity index (χ0v) is 18.2. The van der Waals surface area contributed by atoms with Crippen LogP contribution in [0.2, 0.25) is 5.02 Å². The van der Waals surface area contributed by atoms with Crippen molar-refractivity contribution in [1.29, 1.82) is 0 Å². The van der Waals surface area contributed by atoms with E-state index >= 15 is 0 Å². The summed E-state index contributed by atoms with van der Waals surface area (Å²) in [5.41, 5.74) is 0.496. The highest BCUT2D eigenvalue weighted by atomic mass is 35.5. The maximum atomic E-state index is 13.4. The van der Waals surface area contributed by atoms with Gasteiger partial charge in [-0.3, -0.25) is 9.69 Å². The monoisotopic (exact) mass is 456 g/mol. The first-order valence-electron chi connectivity index (χ1n) is 10.1. The number of carboxylic acid groups (broad SMARTS) is 1. The first kappa shape index (κ1) is 21.3. The van der Waals surface area contributed by atoms with Crippen molar-refractivity contribution in [2.75, 3.05) is 4.90 Å². The summed E-state index contributed by atoms with van der Waals surface area (Å²) in [6.45, 7) is 0. The summed E-state index contributed by atoms with van der Waals surface area (Å²) in [6, 6.07) is 14.0. The van der Waals surface area contributed by atoms with Crippen molar-refractivity contribution in [3.05, 3.63) is 70.2 Å². The third kappa shape index (κ3) is 5.06. The van der Waals surface area contributed by atoms with E-state index in [-0.39, 0.29) is 16.8 Å². The first-order valence-corrected chi connectivity index (χ1v) is 11.3. The molecular weight excluding hydrogens is 436 g/mol. The van der Waals surface area contributed by atoms with Gasteiger partial charge in [-0.05, 0) is 55.3 Å². The summed E-state index contributed by atoms with van der Waals surface area (Å²) in [6.07, 6.45) is 6.29. The predicted molar refractivity (Wildman–Crippen MR) is 121 cm³/mol. The molecule has 0 atom stereocenters. The van der Waals surface area contributed by atoms with Gasteiger partial charge >= 0.3 is 5.97 Å². The molecule has 0 radical (unpaired) electrons. The first-order chi connectivity index (χ1) is 15.0. The number of aromatic nitrogens is 1. The number of rotatable bonds is 6. The number of carbonyl (C=O) groups excluding carboxylic acids is 1. The van der Waals surface area contributed by atoms with Crippen LogP contribution in [0.5, 0.6) is 11.5 Å². The number of amides is 1. The smallest absolute Gasteiger partial charge is 0.347 e. The summed E-state index contributed by atoms with van der Waals surface area (Å²) >= 11 is 7.02. The molecule has 31 heavy (non-hydrogen) atoms. The number of nitrogens with zero attached hydrogens (tertiary/aromatic N) is 2. The van der Waals surface area contributed by atoms with Crippen LogP contribution in [-0.2, 0) is 0 Å². The molecular formula is C23H21ClN2O4S. The van der Waals surface area contributed by atoms with E-state index in [2.05, 4.69) is 4.98 Å². The number of benzene rings is 2. The number of hydrogen-bond acceptors (Lipinski definition) is 5. The summed E-state index contributed by atoms with van der Waals surface area (Å²) < 4.78 is 5.80. The van der Waals surface area contributed by atoms with E-state index in [1.165, 1.54) is 6.20 Å². The maximum absolute atomic E-state index is 13.4. The molecule has 1 aliphatic carbocycles. The van der Waals surface area contributed by atoms with Crippen molar-refractivity contribution < 1.29 is 19.4 Å². The van der Waals surface area contributed by atoms with Gasteiger partial charge in [0.1, 0.15) is 16.4 Å². The highest BCUT2D eigenvalue weighted by Crippen LogP contribution is 2.32. The topological polar surface area (TPSA) is 79.7 Å². The second kappa shape index (κ2) is 9.49. The number of halogens is 1. The van der Waals surface area contributed by atoms with E-state index in [9.17, 15) is 14.7 Å². The van der Waals surface area contributed by atoms with E-state index in [4.69, 9.17) is 16.3 Å². The molecule has 1 fully saturated rings. The van der Waals surface area contributed by atoms with Crippen LogP contribution in [0.1, 0.15) is 52.1 Å². The van der Waals surface area contributed by atoms with Crippen molar-refractivity contribution in [3.63, 3.8) is 0 Å². The maximum Gasteiger partial charge on any atom is 0.347 e. The molecule has 160 valence electrons. The van der Waals surface area contributed by atoms with Crippen LogP contribution in [-0.4, -0.2) is 28.0 Å². The van der Waals surface area contributed by atoms with Crippen LogP contribution in [0.25, 0.3) is 0 Å². The molecule has 8 heteroatoms. The molecule has 0 unspecified atom stereocenters. The standard InChI is InChI=1S/C23H21ClN2O4S/c24-16-5-4-8-19(13-16)30-18-11-9-15(10-12-18)21(27)26(17-6-2-1-3-7-17)23-25-14-20(31-23)22(28)29/h4-5,8-14,17H,1-3,6-7H2,(H,28,29). The highest BCUT2D eigenvalue weighted by molar-refractivity contribution is 7.17. The average molecular weight is 457 g/mol. The molecule has 3 aromatic rings. The Morgan fingerprint density at radius 3 is 2.45 bits per heavy atom. The van der Waals surface area contributed by atoms with Crippen molar-refractivity contribution in [3.8, 4) is 11.5 Å². The van der Waals surface area contributed by atoms with Gasteiger partial charge in [0.2, 0.25) is 0 Å². The fourth-order valence-electron chi connectivity index (χ4n) is 3.69. The lowest BCUT2D eigenvalue weighted by Gasteiger charge is -2.32. The van der Waals surface area contributed by atoms with Gasteiger partial charge in [-0.25, -0.2) is 9.78 Å².